The van der Waals surface area contributed by atoms with Crippen LogP contribution in [0.2, 0.25) is 0 Å². The summed E-state index contributed by atoms with van der Waals surface area (Å²) in [6.45, 7) is 17.8. The van der Waals surface area contributed by atoms with Crippen molar-refractivity contribution < 1.29 is 28.6 Å². The van der Waals surface area contributed by atoms with Gasteiger partial charge in [0, 0.05) is 30.3 Å². The van der Waals surface area contributed by atoms with Crippen molar-refractivity contribution >= 4 is 29.5 Å². The monoisotopic (exact) mass is 690 g/mol. The summed E-state index contributed by atoms with van der Waals surface area (Å²) in [7, 11) is 0. The summed E-state index contributed by atoms with van der Waals surface area (Å²) < 4.78 is 16.1. The summed E-state index contributed by atoms with van der Waals surface area (Å²) >= 11 is 0. The number of ether oxygens (including phenoxy) is 3. The molecule has 8 nitrogen and oxygen atoms in total. The van der Waals surface area contributed by atoms with Crippen molar-refractivity contribution in [3.05, 3.63) is 48.1 Å². The number of rotatable bonds is 13. The van der Waals surface area contributed by atoms with Crippen molar-refractivity contribution in [2.75, 3.05) is 23.8 Å². The molecule has 2 amide bonds. The van der Waals surface area contributed by atoms with E-state index in [1.165, 1.54) is 56.9 Å². The molecule has 8 heteroatoms. The lowest BCUT2D eigenvalue weighted by Crippen LogP contribution is -2.51. The van der Waals surface area contributed by atoms with Gasteiger partial charge in [-0.05, 0) is 116 Å². The van der Waals surface area contributed by atoms with Crippen LogP contribution in [0.3, 0.4) is 0 Å². The van der Waals surface area contributed by atoms with E-state index >= 15 is 0 Å². The number of benzene rings is 1. The smallest absolute Gasteiger partial charge is 0.411 e. The summed E-state index contributed by atoms with van der Waals surface area (Å²) in [6.07, 6.45) is 16.3. The molecule has 4 aliphatic rings. The van der Waals surface area contributed by atoms with E-state index < -0.39 is 18.2 Å². The molecule has 0 unspecified atom stereocenters. The van der Waals surface area contributed by atoms with Crippen LogP contribution in [-0.2, 0) is 19.0 Å². The Bertz CT molecular complexity index is 1420. The second-order valence-electron chi connectivity index (χ2n) is 16.7. The lowest BCUT2D eigenvalue weighted by Gasteiger charge is -2.58. The largest absolute Gasteiger partial charge is 0.462 e. The van der Waals surface area contributed by atoms with E-state index in [0.717, 1.165) is 66.4 Å². The van der Waals surface area contributed by atoms with Crippen LogP contribution in [0.5, 0.6) is 0 Å². The van der Waals surface area contributed by atoms with Crippen LogP contribution in [0.15, 0.2) is 42.5 Å². The summed E-state index contributed by atoms with van der Waals surface area (Å²) in [5.41, 5.74) is 4.06. The van der Waals surface area contributed by atoms with Gasteiger partial charge in [0.1, 0.15) is 6.10 Å². The summed E-state index contributed by atoms with van der Waals surface area (Å²) in [5.74, 6) is 4.31. The third-order valence-electron chi connectivity index (χ3n) is 13.2. The number of esters is 1. The van der Waals surface area contributed by atoms with Gasteiger partial charge < -0.3 is 14.2 Å². The van der Waals surface area contributed by atoms with E-state index in [1.54, 1.807) is 12.1 Å². The number of allylic oxidation sites excluding steroid dienone is 1. The minimum Gasteiger partial charge on any atom is -0.462 e. The number of hydrogen-bond donors (Lipinski definition) is 2. The molecule has 50 heavy (non-hydrogen) atoms. The van der Waals surface area contributed by atoms with Crippen LogP contribution in [-0.4, -0.2) is 37.5 Å². The molecular formula is C42H62N2O6. The number of hydrogen-bond acceptors (Lipinski definition) is 6. The van der Waals surface area contributed by atoms with Crippen LogP contribution >= 0.6 is 0 Å². The fourth-order valence-corrected chi connectivity index (χ4v) is 10.5. The van der Waals surface area contributed by atoms with Gasteiger partial charge in [-0.3, -0.25) is 10.6 Å². The molecule has 1 aromatic carbocycles. The maximum atomic E-state index is 13.1. The quantitative estimate of drug-likeness (QED) is 0.0702. The van der Waals surface area contributed by atoms with Gasteiger partial charge in [-0.15, -0.1) is 0 Å². The highest BCUT2D eigenvalue weighted by molar-refractivity contribution is 5.89. The molecule has 0 heterocycles. The van der Waals surface area contributed by atoms with Crippen LogP contribution in [0.1, 0.15) is 117 Å². The molecule has 3 fully saturated rings. The Morgan fingerprint density at radius 2 is 1.72 bits per heavy atom. The molecule has 0 bridgehead atoms. The molecule has 0 aromatic heterocycles. The second kappa shape index (κ2) is 16.4. The zero-order valence-electron chi connectivity index (χ0n) is 31.5. The molecule has 276 valence electrons. The molecule has 3 saturated carbocycles. The van der Waals surface area contributed by atoms with Gasteiger partial charge in [0.2, 0.25) is 0 Å². The van der Waals surface area contributed by atoms with Crippen molar-refractivity contribution in [2.24, 2.45) is 46.3 Å². The van der Waals surface area contributed by atoms with Crippen LogP contribution in [0.25, 0.3) is 0 Å². The first-order valence-electron chi connectivity index (χ1n) is 19.3. The van der Waals surface area contributed by atoms with Gasteiger partial charge in [0.25, 0.3) is 0 Å². The van der Waals surface area contributed by atoms with Gasteiger partial charge in [-0.25, -0.2) is 14.4 Å². The highest BCUT2D eigenvalue weighted by atomic mass is 16.6. The van der Waals surface area contributed by atoms with Crippen molar-refractivity contribution in [3.63, 3.8) is 0 Å². The fourth-order valence-electron chi connectivity index (χ4n) is 10.5. The predicted octanol–water partition coefficient (Wildman–Crippen LogP) is 10.6. The fraction of sp³-hybridized carbons (Fsp3) is 0.690. The van der Waals surface area contributed by atoms with Crippen molar-refractivity contribution in [2.45, 2.75) is 125 Å². The summed E-state index contributed by atoms with van der Waals surface area (Å²) in [6, 6.07) is 5.31. The first kappa shape index (κ1) is 38.0. The number of carbonyl (C=O) groups excluding carboxylic acids is 3. The number of amides is 2. The Labute approximate surface area is 300 Å². The maximum Gasteiger partial charge on any atom is 0.411 e. The van der Waals surface area contributed by atoms with Crippen molar-refractivity contribution in [1.29, 1.82) is 0 Å². The standard InChI is InChI=1S/C42H62N2O6/c1-8-38(45)48-23-10-24-49-39(46)44-37-26-31(15-13-29(37)5)43-40(47)50-32-19-21-41(6)30(25-32)14-16-33-35-18-17-34(28(4)12-9-11-27(2)3)42(35,7)22-20-36(33)41/h8,13-15,26-28,32-36H,1,9-12,16-25H2,2-7H3,(H,43,47)(H,44,46)/t28-,32+,33+,34-,35+,36+,41+,42-/m1/s1. The second-order valence-corrected chi connectivity index (χ2v) is 16.7. The first-order valence-corrected chi connectivity index (χ1v) is 19.3. The van der Waals surface area contributed by atoms with Gasteiger partial charge in [0.15, 0.2) is 0 Å². The van der Waals surface area contributed by atoms with E-state index in [1.807, 2.05) is 13.0 Å². The average Bonchev–Trinajstić information content (AvgIpc) is 3.43. The highest BCUT2D eigenvalue weighted by Crippen LogP contribution is 2.67. The minimum atomic E-state index is -0.627. The lowest BCUT2D eigenvalue weighted by molar-refractivity contribution is -0.137. The van der Waals surface area contributed by atoms with Crippen molar-refractivity contribution in [1.82, 2.24) is 0 Å². The average molecular weight is 691 g/mol. The molecule has 5 rings (SSSR count). The number of aryl methyl sites for hydroxylation is 1. The molecule has 0 aliphatic heterocycles. The number of anilines is 2. The molecular weight excluding hydrogens is 628 g/mol. The third kappa shape index (κ3) is 8.59. The zero-order chi connectivity index (χ0) is 36.1. The maximum absolute atomic E-state index is 13.1. The Hall–Kier alpha value is -3.29. The Morgan fingerprint density at radius 3 is 2.48 bits per heavy atom. The number of nitrogens with one attached hydrogen (secondary N) is 2. The van der Waals surface area contributed by atoms with E-state index in [-0.39, 0.29) is 24.7 Å². The molecule has 2 N–H and O–H groups in total. The Balaban J connectivity index is 1.12. The highest BCUT2D eigenvalue weighted by Gasteiger charge is 2.59. The van der Waals surface area contributed by atoms with Gasteiger partial charge in [-0.2, -0.15) is 0 Å². The van der Waals surface area contributed by atoms with E-state index in [2.05, 4.69) is 57.9 Å². The normalized spacial score (nSPS) is 30.5. The van der Waals surface area contributed by atoms with Crippen molar-refractivity contribution in [3.8, 4) is 0 Å². The molecule has 0 saturated heterocycles. The first-order chi connectivity index (χ1) is 23.8. The van der Waals surface area contributed by atoms with Gasteiger partial charge >= 0.3 is 18.2 Å². The number of fused-ring (bicyclic) bond motifs is 5. The van der Waals surface area contributed by atoms with Gasteiger partial charge in [-0.1, -0.05) is 78.2 Å². The Kier molecular flexibility index (Phi) is 12.4. The zero-order valence-corrected chi connectivity index (χ0v) is 31.5. The minimum absolute atomic E-state index is 0.0935. The van der Waals surface area contributed by atoms with E-state index in [4.69, 9.17) is 14.2 Å². The number of carbonyl (C=O) groups is 3. The lowest BCUT2D eigenvalue weighted by atomic mass is 9.47. The molecule has 0 spiro atoms. The van der Waals surface area contributed by atoms with Crippen LogP contribution < -0.4 is 10.6 Å². The third-order valence-corrected chi connectivity index (χ3v) is 13.2. The molecule has 4 aliphatic carbocycles. The molecule has 1 aromatic rings. The SMILES string of the molecule is C=CC(=O)OCCCOC(=O)Nc1cc(NC(=O)O[C@H]2CC[C@@]3(C)C(=CC[C@H]4[C@@H]5CC[C@H]([C@H](C)CCCC(C)C)[C@@]5(C)CC[C@@H]43)C2)ccc1C. The van der Waals surface area contributed by atoms with Crippen LogP contribution in [0, 0.1) is 53.3 Å². The molecule has 0 radical (unpaired) electrons. The Morgan fingerprint density at radius 1 is 0.940 bits per heavy atom. The summed E-state index contributed by atoms with van der Waals surface area (Å²) in [4.78, 5) is 36.5. The topological polar surface area (TPSA) is 103 Å². The van der Waals surface area contributed by atoms with E-state index in [0.29, 0.717) is 23.2 Å². The van der Waals surface area contributed by atoms with E-state index in [9.17, 15) is 14.4 Å². The molecule has 8 atom stereocenters. The van der Waals surface area contributed by atoms with Gasteiger partial charge in [0.05, 0.1) is 13.2 Å². The van der Waals surface area contributed by atoms with Crippen LogP contribution in [0.4, 0.5) is 21.0 Å². The summed E-state index contributed by atoms with van der Waals surface area (Å²) in [5, 5.41) is 5.59. The predicted molar refractivity (Wildman–Crippen MR) is 199 cm³/mol.